The van der Waals surface area contributed by atoms with E-state index in [-0.39, 0.29) is 0 Å². The summed E-state index contributed by atoms with van der Waals surface area (Å²) in [6.45, 7) is 0.833. The quantitative estimate of drug-likeness (QED) is 0.681. The number of methoxy groups -OCH3 is 1. The van der Waals surface area contributed by atoms with Gasteiger partial charge in [0.05, 0.1) is 18.4 Å². The standard InChI is InChI=1S/C22H23N5O2/c1-26(18-12-6-4-10-16(18)22(28)29-2)20-19(23)21(25-14-24-20)27-13-7-9-15-8-3-5-11-17(15)27/h3-6,8,10-12,14H,7,9,13,23H2,1-2H3. The van der Waals surface area contributed by atoms with Crippen LogP contribution in [0.5, 0.6) is 0 Å². The van der Waals surface area contributed by atoms with Crippen molar-refractivity contribution >= 4 is 34.7 Å². The zero-order valence-electron chi connectivity index (χ0n) is 16.5. The van der Waals surface area contributed by atoms with Gasteiger partial charge in [0, 0.05) is 19.3 Å². The van der Waals surface area contributed by atoms with Crippen LogP contribution in [0.4, 0.5) is 28.7 Å². The molecule has 4 rings (SSSR count). The smallest absolute Gasteiger partial charge is 0.339 e. The number of carbonyl (C=O) groups is 1. The molecule has 3 aromatic rings. The summed E-state index contributed by atoms with van der Waals surface area (Å²) in [6, 6.07) is 15.5. The number of nitrogens with zero attached hydrogens (tertiary/aromatic N) is 4. The van der Waals surface area contributed by atoms with Gasteiger partial charge in [0.1, 0.15) is 12.0 Å². The Kier molecular flexibility index (Phi) is 5.03. The zero-order chi connectivity index (χ0) is 20.4. The lowest BCUT2D eigenvalue weighted by Gasteiger charge is -2.32. The molecule has 0 radical (unpaired) electrons. The van der Waals surface area contributed by atoms with Gasteiger partial charge in [0.2, 0.25) is 0 Å². The molecule has 0 spiro atoms. The summed E-state index contributed by atoms with van der Waals surface area (Å²) in [5, 5.41) is 0. The number of carbonyl (C=O) groups excluding carboxylic acids is 1. The number of hydrogen-bond acceptors (Lipinski definition) is 7. The van der Waals surface area contributed by atoms with Crippen LogP contribution in [-0.4, -0.2) is 36.6 Å². The number of esters is 1. The Hall–Kier alpha value is -3.61. The Morgan fingerprint density at radius 2 is 1.90 bits per heavy atom. The summed E-state index contributed by atoms with van der Waals surface area (Å²) in [6.07, 6.45) is 3.57. The van der Waals surface area contributed by atoms with Crippen molar-refractivity contribution in [2.75, 3.05) is 36.2 Å². The second-order valence-corrected chi connectivity index (χ2v) is 6.89. The number of para-hydroxylation sites is 2. The third-order valence-electron chi connectivity index (χ3n) is 5.20. The number of aromatic nitrogens is 2. The predicted molar refractivity (Wildman–Crippen MR) is 114 cm³/mol. The van der Waals surface area contributed by atoms with Gasteiger partial charge in [-0.3, -0.25) is 0 Å². The first kappa shape index (κ1) is 18.7. The minimum Gasteiger partial charge on any atom is -0.465 e. The zero-order valence-corrected chi connectivity index (χ0v) is 16.5. The molecule has 0 amide bonds. The highest BCUT2D eigenvalue weighted by Crippen LogP contribution is 2.39. The van der Waals surface area contributed by atoms with Crippen molar-refractivity contribution in [1.82, 2.24) is 9.97 Å². The van der Waals surface area contributed by atoms with Crippen molar-refractivity contribution in [1.29, 1.82) is 0 Å². The lowest BCUT2D eigenvalue weighted by atomic mass is 10.0. The van der Waals surface area contributed by atoms with Crippen molar-refractivity contribution in [2.45, 2.75) is 12.8 Å². The minimum absolute atomic E-state index is 0.412. The molecule has 29 heavy (non-hydrogen) atoms. The number of nitrogens with two attached hydrogens (primary N) is 1. The van der Waals surface area contributed by atoms with E-state index in [1.54, 1.807) is 17.0 Å². The second kappa shape index (κ2) is 7.79. The Labute approximate surface area is 169 Å². The number of benzene rings is 2. The largest absolute Gasteiger partial charge is 0.465 e. The molecule has 0 atom stereocenters. The highest BCUT2D eigenvalue weighted by atomic mass is 16.5. The van der Waals surface area contributed by atoms with Crippen LogP contribution in [0.15, 0.2) is 54.9 Å². The number of nitrogen functional groups attached to an aromatic ring is 1. The summed E-state index contributed by atoms with van der Waals surface area (Å²) in [7, 11) is 3.19. The van der Waals surface area contributed by atoms with Gasteiger partial charge < -0.3 is 20.3 Å². The average Bonchev–Trinajstić information content (AvgIpc) is 2.78. The predicted octanol–water partition coefficient (Wildman–Crippen LogP) is 3.70. The molecule has 148 valence electrons. The summed E-state index contributed by atoms with van der Waals surface area (Å²) < 4.78 is 4.91. The third-order valence-corrected chi connectivity index (χ3v) is 5.20. The fourth-order valence-corrected chi connectivity index (χ4v) is 3.78. The summed E-state index contributed by atoms with van der Waals surface area (Å²) in [5.41, 5.74) is 10.5. The first-order valence-electron chi connectivity index (χ1n) is 9.48. The molecular formula is C22H23N5O2. The number of rotatable bonds is 4. The number of fused-ring (bicyclic) bond motifs is 1. The Morgan fingerprint density at radius 3 is 2.72 bits per heavy atom. The summed E-state index contributed by atoms with van der Waals surface area (Å²) >= 11 is 0. The molecule has 0 bridgehead atoms. The maximum atomic E-state index is 12.2. The normalized spacial score (nSPS) is 13.0. The average molecular weight is 389 g/mol. The number of hydrogen-bond donors (Lipinski definition) is 1. The SMILES string of the molecule is COC(=O)c1ccccc1N(C)c1ncnc(N2CCCc3ccccc32)c1N. The lowest BCUT2D eigenvalue weighted by Crippen LogP contribution is -2.27. The molecule has 2 aromatic carbocycles. The van der Waals surface area contributed by atoms with Gasteiger partial charge >= 0.3 is 5.97 Å². The van der Waals surface area contributed by atoms with Crippen LogP contribution in [0.25, 0.3) is 0 Å². The highest BCUT2D eigenvalue weighted by molar-refractivity contribution is 5.97. The Balaban J connectivity index is 1.77. The van der Waals surface area contributed by atoms with Crippen LogP contribution in [0.1, 0.15) is 22.3 Å². The van der Waals surface area contributed by atoms with Gasteiger partial charge in [-0.05, 0) is 36.6 Å². The third kappa shape index (κ3) is 3.35. The van der Waals surface area contributed by atoms with Crippen LogP contribution in [0.2, 0.25) is 0 Å². The van der Waals surface area contributed by atoms with Gasteiger partial charge in [0.15, 0.2) is 11.6 Å². The van der Waals surface area contributed by atoms with E-state index in [0.29, 0.717) is 28.6 Å². The van der Waals surface area contributed by atoms with Crippen molar-refractivity contribution in [3.63, 3.8) is 0 Å². The molecule has 7 nitrogen and oxygen atoms in total. The van der Waals surface area contributed by atoms with Gasteiger partial charge in [0.25, 0.3) is 0 Å². The molecule has 1 aliphatic rings. The van der Waals surface area contributed by atoms with E-state index >= 15 is 0 Å². The van der Waals surface area contributed by atoms with Crippen LogP contribution in [0.3, 0.4) is 0 Å². The van der Waals surface area contributed by atoms with E-state index in [2.05, 4.69) is 33.1 Å². The van der Waals surface area contributed by atoms with Gasteiger partial charge in [-0.2, -0.15) is 0 Å². The van der Waals surface area contributed by atoms with E-state index in [9.17, 15) is 4.79 Å². The van der Waals surface area contributed by atoms with Crippen LogP contribution < -0.4 is 15.5 Å². The molecule has 0 saturated heterocycles. The monoisotopic (exact) mass is 389 g/mol. The molecule has 7 heteroatoms. The van der Waals surface area contributed by atoms with Crippen molar-refractivity contribution in [3.8, 4) is 0 Å². The fraction of sp³-hybridized carbons (Fsp3) is 0.227. The van der Waals surface area contributed by atoms with Crippen molar-refractivity contribution in [3.05, 3.63) is 66.0 Å². The molecule has 0 aliphatic carbocycles. The minimum atomic E-state index is -0.412. The van der Waals surface area contributed by atoms with E-state index in [1.807, 2.05) is 25.2 Å². The highest BCUT2D eigenvalue weighted by Gasteiger charge is 2.24. The topological polar surface area (TPSA) is 84.6 Å². The van der Waals surface area contributed by atoms with Crippen molar-refractivity contribution in [2.24, 2.45) is 0 Å². The first-order valence-corrected chi connectivity index (χ1v) is 9.48. The molecule has 2 heterocycles. The van der Waals surface area contributed by atoms with Crippen molar-refractivity contribution < 1.29 is 9.53 Å². The second-order valence-electron chi connectivity index (χ2n) is 6.89. The van der Waals surface area contributed by atoms with Crippen LogP contribution in [-0.2, 0) is 11.2 Å². The molecule has 1 aromatic heterocycles. The Bertz CT molecular complexity index is 1050. The molecule has 0 fully saturated rings. The molecule has 2 N–H and O–H groups in total. The lowest BCUT2D eigenvalue weighted by molar-refractivity contribution is 0.0601. The van der Waals surface area contributed by atoms with Gasteiger partial charge in [-0.15, -0.1) is 0 Å². The number of aryl methyl sites for hydroxylation is 1. The molecule has 0 saturated carbocycles. The van der Waals surface area contributed by atoms with Crippen LogP contribution >= 0.6 is 0 Å². The van der Waals surface area contributed by atoms with Crippen LogP contribution in [0, 0.1) is 0 Å². The molecule has 1 aliphatic heterocycles. The van der Waals surface area contributed by atoms with Gasteiger partial charge in [-0.1, -0.05) is 30.3 Å². The molecular weight excluding hydrogens is 366 g/mol. The first-order chi connectivity index (χ1) is 14.1. The van der Waals surface area contributed by atoms with E-state index < -0.39 is 5.97 Å². The molecule has 0 unspecified atom stereocenters. The summed E-state index contributed by atoms with van der Waals surface area (Å²) in [5.74, 6) is 0.796. The van der Waals surface area contributed by atoms with E-state index in [0.717, 1.165) is 25.1 Å². The summed E-state index contributed by atoms with van der Waals surface area (Å²) in [4.78, 5) is 25.0. The van der Waals surface area contributed by atoms with E-state index in [4.69, 9.17) is 10.5 Å². The maximum absolute atomic E-state index is 12.2. The van der Waals surface area contributed by atoms with E-state index in [1.165, 1.54) is 19.0 Å². The fourth-order valence-electron chi connectivity index (χ4n) is 3.78. The number of ether oxygens (including phenoxy) is 1. The maximum Gasteiger partial charge on any atom is 0.339 e. The number of anilines is 5. The Morgan fingerprint density at radius 1 is 1.14 bits per heavy atom. The van der Waals surface area contributed by atoms with Gasteiger partial charge in [-0.25, -0.2) is 14.8 Å².